The molecule has 0 N–H and O–H groups in total. The highest BCUT2D eigenvalue weighted by molar-refractivity contribution is 5.73. The molecule has 2 rings (SSSR count). The maximum atomic E-state index is 11.4. The number of rotatable bonds is 7. The Morgan fingerprint density at radius 2 is 2.00 bits per heavy atom. The van der Waals surface area contributed by atoms with Gasteiger partial charge in [-0.25, -0.2) is 0 Å². The molecule has 1 aromatic rings. The summed E-state index contributed by atoms with van der Waals surface area (Å²) in [5.74, 6) is -0.461. The van der Waals surface area contributed by atoms with Crippen molar-refractivity contribution in [1.29, 1.82) is 0 Å². The predicted octanol–water partition coefficient (Wildman–Crippen LogP) is 3.62. The molecule has 1 fully saturated rings. The minimum absolute atomic E-state index is 0.134. The van der Waals surface area contributed by atoms with Crippen molar-refractivity contribution in [2.75, 3.05) is 7.11 Å². The maximum Gasteiger partial charge on any atom is 0.308 e. The molecule has 0 aliphatic heterocycles. The first kappa shape index (κ1) is 17.2. The van der Waals surface area contributed by atoms with Gasteiger partial charge >= 0.3 is 5.97 Å². The van der Waals surface area contributed by atoms with Crippen LogP contribution in [0.2, 0.25) is 0 Å². The van der Waals surface area contributed by atoms with Gasteiger partial charge in [0.2, 0.25) is 5.70 Å². The fraction of sp³-hybridized carbons (Fsp3) is 0.500. The van der Waals surface area contributed by atoms with E-state index in [1.54, 1.807) is 6.08 Å². The lowest BCUT2D eigenvalue weighted by atomic mass is 9.72. The van der Waals surface area contributed by atoms with E-state index in [1.165, 1.54) is 12.7 Å². The largest absolute Gasteiger partial charge is 0.469 e. The van der Waals surface area contributed by atoms with Crippen LogP contribution < -0.4 is 0 Å². The van der Waals surface area contributed by atoms with Crippen molar-refractivity contribution < 1.29 is 14.5 Å². The Morgan fingerprint density at radius 3 is 2.52 bits per heavy atom. The van der Waals surface area contributed by atoms with Gasteiger partial charge in [0.1, 0.15) is 0 Å². The molecule has 1 unspecified atom stereocenters. The van der Waals surface area contributed by atoms with E-state index in [1.807, 2.05) is 37.3 Å². The summed E-state index contributed by atoms with van der Waals surface area (Å²) in [4.78, 5) is 22.6. The van der Waals surface area contributed by atoms with Gasteiger partial charge in [0.05, 0.1) is 23.9 Å². The van der Waals surface area contributed by atoms with Crippen LogP contribution in [0.1, 0.15) is 31.7 Å². The Labute approximate surface area is 136 Å². The second-order valence-electron chi connectivity index (χ2n) is 6.10. The van der Waals surface area contributed by atoms with E-state index in [2.05, 4.69) is 0 Å². The molecule has 1 aliphatic carbocycles. The first-order chi connectivity index (χ1) is 11.0. The molecule has 0 amide bonds. The van der Waals surface area contributed by atoms with Crippen molar-refractivity contribution in [2.45, 2.75) is 32.6 Å². The van der Waals surface area contributed by atoms with E-state index in [9.17, 15) is 14.9 Å². The van der Waals surface area contributed by atoms with Crippen molar-refractivity contribution in [1.82, 2.24) is 0 Å². The van der Waals surface area contributed by atoms with Gasteiger partial charge in [0, 0.05) is 0 Å². The third-order valence-corrected chi connectivity index (χ3v) is 4.57. The predicted molar refractivity (Wildman–Crippen MR) is 87.2 cm³/mol. The fourth-order valence-electron chi connectivity index (χ4n) is 3.04. The van der Waals surface area contributed by atoms with Crippen LogP contribution in [0.3, 0.4) is 0 Å². The van der Waals surface area contributed by atoms with Gasteiger partial charge in [-0.3, -0.25) is 14.9 Å². The summed E-state index contributed by atoms with van der Waals surface area (Å²) in [6.45, 7) is 2.04. The average Bonchev–Trinajstić information content (AvgIpc) is 2.51. The van der Waals surface area contributed by atoms with Crippen LogP contribution >= 0.6 is 0 Å². The quantitative estimate of drug-likeness (QED) is 0.437. The minimum atomic E-state index is -0.286. The number of hydrogen-bond acceptors (Lipinski definition) is 4. The van der Waals surface area contributed by atoms with Crippen LogP contribution in [0.15, 0.2) is 42.1 Å². The number of esters is 1. The molecule has 0 saturated heterocycles. The summed E-state index contributed by atoms with van der Waals surface area (Å²) in [5.41, 5.74) is 1.44. The van der Waals surface area contributed by atoms with Gasteiger partial charge in [-0.1, -0.05) is 37.3 Å². The van der Waals surface area contributed by atoms with E-state index in [4.69, 9.17) is 4.74 Å². The first-order valence-electron chi connectivity index (χ1n) is 8.03. The van der Waals surface area contributed by atoms with Gasteiger partial charge in [0.15, 0.2) is 0 Å². The summed E-state index contributed by atoms with van der Waals surface area (Å²) in [6, 6.07) is 10.0. The van der Waals surface area contributed by atoms with E-state index in [0.717, 1.165) is 12.8 Å². The molecule has 5 heteroatoms. The summed E-state index contributed by atoms with van der Waals surface area (Å²) >= 11 is 0. The number of benzene rings is 1. The molecule has 1 atom stereocenters. The normalized spacial score (nSPS) is 22.1. The summed E-state index contributed by atoms with van der Waals surface area (Å²) in [7, 11) is 1.35. The van der Waals surface area contributed by atoms with E-state index in [-0.39, 0.29) is 34.3 Å². The number of carbonyl (C=O) groups excluding carboxylic acids is 1. The Bertz CT molecular complexity index is 576. The van der Waals surface area contributed by atoms with E-state index < -0.39 is 0 Å². The van der Waals surface area contributed by atoms with Gasteiger partial charge in [-0.05, 0) is 43.2 Å². The minimum Gasteiger partial charge on any atom is -0.469 e. The number of hydrogen-bond donors (Lipinski definition) is 0. The zero-order valence-electron chi connectivity index (χ0n) is 13.6. The van der Waals surface area contributed by atoms with Gasteiger partial charge in [-0.15, -0.1) is 0 Å². The zero-order valence-corrected chi connectivity index (χ0v) is 13.6. The van der Waals surface area contributed by atoms with Crippen LogP contribution in [-0.2, 0) is 16.0 Å². The number of ether oxygens (including phenoxy) is 1. The Kier molecular flexibility index (Phi) is 5.90. The molecular weight excluding hydrogens is 294 g/mol. The van der Waals surface area contributed by atoms with Crippen molar-refractivity contribution in [3.63, 3.8) is 0 Å². The topological polar surface area (TPSA) is 69.4 Å². The summed E-state index contributed by atoms with van der Waals surface area (Å²) in [6.07, 6.45) is 4.47. The molecular formula is C18H23NO4. The van der Waals surface area contributed by atoms with Crippen LogP contribution in [0.4, 0.5) is 0 Å². The molecule has 0 bridgehead atoms. The van der Waals surface area contributed by atoms with Crippen molar-refractivity contribution in [3.05, 3.63) is 57.8 Å². The molecule has 23 heavy (non-hydrogen) atoms. The van der Waals surface area contributed by atoms with Gasteiger partial charge in [-0.2, -0.15) is 0 Å². The molecule has 0 aromatic heterocycles. The van der Waals surface area contributed by atoms with Crippen molar-refractivity contribution in [2.24, 2.45) is 17.8 Å². The number of nitro groups is 1. The van der Waals surface area contributed by atoms with Crippen molar-refractivity contribution in [3.8, 4) is 0 Å². The molecule has 1 saturated carbocycles. The molecule has 0 heterocycles. The third kappa shape index (κ3) is 4.41. The number of methoxy groups -OCH3 is 1. The SMILES string of the molecule is CCC(C=C(C1CC(C(=O)OC)C1)[N+](=O)[O-])Cc1ccccc1. The van der Waals surface area contributed by atoms with Crippen molar-refractivity contribution >= 4 is 5.97 Å². The average molecular weight is 317 g/mol. The number of allylic oxidation sites excluding steroid dienone is 2. The monoisotopic (exact) mass is 317 g/mol. The lowest BCUT2D eigenvalue weighted by Crippen LogP contribution is -2.34. The lowest BCUT2D eigenvalue weighted by Gasteiger charge is -2.31. The van der Waals surface area contributed by atoms with Gasteiger partial charge < -0.3 is 4.74 Å². The maximum absolute atomic E-state index is 11.4. The van der Waals surface area contributed by atoms with E-state index >= 15 is 0 Å². The molecule has 1 aliphatic rings. The Hall–Kier alpha value is -2.17. The number of carbonyl (C=O) groups is 1. The second kappa shape index (κ2) is 7.90. The second-order valence-corrected chi connectivity index (χ2v) is 6.10. The lowest BCUT2D eigenvalue weighted by molar-refractivity contribution is -0.437. The third-order valence-electron chi connectivity index (χ3n) is 4.57. The molecule has 0 radical (unpaired) electrons. The highest BCUT2D eigenvalue weighted by atomic mass is 16.6. The van der Waals surface area contributed by atoms with E-state index in [0.29, 0.717) is 12.8 Å². The molecule has 0 spiro atoms. The fourth-order valence-corrected chi connectivity index (χ4v) is 3.04. The highest BCUT2D eigenvalue weighted by Gasteiger charge is 2.42. The van der Waals surface area contributed by atoms with Crippen LogP contribution in [-0.4, -0.2) is 18.0 Å². The summed E-state index contributed by atoms with van der Waals surface area (Å²) < 4.78 is 4.70. The van der Waals surface area contributed by atoms with Crippen LogP contribution in [0.5, 0.6) is 0 Å². The van der Waals surface area contributed by atoms with Crippen LogP contribution in [0, 0.1) is 27.9 Å². The Balaban J connectivity index is 2.05. The zero-order chi connectivity index (χ0) is 16.8. The Morgan fingerprint density at radius 1 is 1.35 bits per heavy atom. The standard InChI is InChI=1S/C18H23NO4/c1-3-13(9-14-7-5-4-6-8-14)10-17(19(21)22)15-11-16(12-15)18(20)23-2/h4-8,10,13,15-16H,3,9,11-12H2,1-2H3. The smallest absolute Gasteiger partial charge is 0.308 e. The number of nitrogens with zero attached hydrogens (tertiary/aromatic N) is 1. The van der Waals surface area contributed by atoms with Gasteiger partial charge in [0.25, 0.3) is 0 Å². The molecule has 124 valence electrons. The summed E-state index contributed by atoms with van der Waals surface area (Å²) in [5, 5.41) is 11.4. The molecule has 1 aromatic carbocycles. The first-order valence-corrected chi connectivity index (χ1v) is 8.03. The molecule has 5 nitrogen and oxygen atoms in total. The van der Waals surface area contributed by atoms with Crippen LogP contribution in [0.25, 0.3) is 0 Å². The highest BCUT2D eigenvalue weighted by Crippen LogP contribution is 2.40.